The number of ether oxygens (including phenoxy) is 1. The molecule has 0 saturated carbocycles. The molecule has 6 heteroatoms. The minimum absolute atomic E-state index is 0.233. The smallest absolute Gasteiger partial charge is 0.336 e. The fourth-order valence-corrected chi connectivity index (χ4v) is 4.22. The third kappa shape index (κ3) is 2.46. The summed E-state index contributed by atoms with van der Waals surface area (Å²) in [4.78, 5) is 28.4. The third-order valence-electron chi connectivity index (χ3n) is 5.64. The molecule has 0 saturated heterocycles. The van der Waals surface area contributed by atoms with Crippen LogP contribution in [-0.4, -0.2) is 41.6 Å². The van der Waals surface area contributed by atoms with Crippen LogP contribution in [0.25, 0.3) is 38.0 Å². The summed E-state index contributed by atoms with van der Waals surface area (Å²) >= 11 is 0. The van der Waals surface area contributed by atoms with Crippen molar-refractivity contribution in [1.29, 1.82) is 0 Å². The van der Waals surface area contributed by atoms with Crippen molar-refractivity contribution >= 4 is 38.0 Å². The van der Waals surface area contributed by atoms with Gasteiger partial charge in [0.2, 0.25) is 0 Å². The van der Waals surface area contributed by atoms with Gasteiger partial charge in [-0.3, -0.25) is 13.8 Å². The maximum absolute atomic E-state index is 13.4. The number of benzene rings is 3. The van der Waals surface area contributed by atoms with Gasteiger partial charge in [-0.1, -0.05) is 18.2 Å². The zero-order valence-electron chi connectivity index (χ0n) is 16.6. The van der Waals surface area contributed by atoms with E-state index >= 15 is 0 Å². The first-order valence-electron chi connectivity index (χ1n) is 9.56. The van der Waals surface area contributed by atoms with E-state index in [0.29, 0.717) is 24.0 Å². The van der Waals surface area contributed by atoms with E-state index in [-0.39, 0.29) is 11.2 Å². The van der Waals surface area contributed by atoms with E-state index in [1.807, 2.05) is 61.5 Å². The van der Waals surface area contributed by atoms with E-state index < -0.39 is 0 Å². The molecule has 6 nitrogen and oxygen atoms in total. The molecule has 0 radical (unpaired) electrons. The van der Waals surface area contributed by atoms with E-state index in [9.17, 15) is 9.59 Å². The van der Waals surface area contributed by atoms with Crippen LogP contribution in [0.1, 0.15) is 0 Å². The summed E-state index contributed by atoms with van der Waals surface area (Å²) in [5.74, 6) is 0.784. The van der Waals surface area contributed by atoms with Crippen LogP contribution in [-0.2, 0) is 6.54 Å². The van der Waals surface area contributed by atoms with Crippen LogP contribution < -0.4 is 16.0 Å². The predicted molar refractivity (Wildman–Crippen MR) is 117 cm³/mol. The molecule has 3 aromatic carbocycles. The van der Waals surface area contributed by atoms with Crippen LogP contribution in [0.2, 0.25) is 0 Å². The summed E-state index contributed by atoms with van der Waals surface area (Å²) in [5.41, 5.74) is 0.992. The number of rotatable bonds is 4. The molecular weight excluding hydrogens is 366 g/mol. The molecular formula is C23H21N3O3. The normalized spacial score (nSPS) is 12.1. The van der Waals surface area contributed by atoms with Crippen LogP contribution in [0, 0.1) is 0 Å². The van der Waals surface area contributed by atoms with E-state index in [4.69, 9.17) is 4.74 Å². The number of para-hydroxylation sites is 1. The van der Waals surface area contributed by atoms with E-state index in [1.165, 1.54) is 4.57 Å². The number of hydrogen-bond acceptors (Lipinski definition) is 4. The van der Waals surface area contributed by atoms with Gasteiger partial charge >= 0.3 is 5.69 Å². The molecule has 0 amide bonds. The average molecular weight is 387 g/mol. The highest BCUT2D eigenvalue weighted by atomic mass is 16.5. The van der Waals surface area contributed by atoms with Gasteiger partial charge in [0.15, 0.2) is 0 Å². The zero-order chi connectivity index (χ0) is 20.3. The van der Waals surface area contributed by atoms with Crippen LogP contribution in [0.3, 0.4) is 0 Å². The Hall–Kier alpha value is -3.38. The number of hydrogen-bond donors (Lipinski definition) is 0. The van der Waals surface area contributed by atoms with Crippen LogP contribution in [0.15, 0.2) is 58.1 Å². The van der Waals surface area contributed by atoms with Gasteiger partial charge in [-0.25, -0.2) is 4.79 Å². The lowest BCUT2D eigenvalue weighted by atomic mass is 10.0. The largest absolute Gasteiger partial charge is 0.497 e. The minimum atomic E-state index is -0.289. The number of aromatic nitrogens is 2. The SMILES string of the molecule is COc1ccc2c(ccc3c2c2cccc4c(=O)n(CCN(C)C)c(=O)n3c42)c1. The Labute approximate surface area is 166 Å². The van der Waals surface area contributed by atoms with E-state index in [0.717, 1.165) is 32.8 Å². The van der Waals surface area contributed by atoms with Crippen LogP contribution >= 0.6 is 0 Å². The summed E-state index contributed by atoms with van der Waals surface area (Å²) in [7, 11) is 5.50. The fraction of sp³-hybridized carbons (Fsp3) is 0.217. The second kappa shape index (κ2) is 6.32. The van der Waals surface area contributed by atoms with Gasteiger partial charge in [-0.2, -0.15) is 0 Å². The zero-order valence-corrected chi connectivity index (χ0v) is 16.6. The Kier molecular flexibility index (Phi) is 3.86. The predicted octanol–water partition coefficient (Wildman–Crippen LogP) is 2.93. The van der Waals surface area contributed by atoms with Gasteiger partial charge in [0.25, 0.3) is 5.56 Å². The van der Waals surface area contributed by atoms with Gasteiger partial charge in [0.05, 0.1) is 23.5 Å². The summed E-state index contributed by atoms with van der Waals surface area (Å²) < 4.78 is 8.40. The highest BCUT2D eigenvalue weighted by Gasteiger charge is 2.19. The topological polar surface area (TPSA) is 56.0 Å². The van der Waals surface area contributed by atoms with E-state index in [2.05, 4.69) is 0 Å². The molecule has 0 aliphatic rings. The van der Waals surface area contributed by atoms with E-state index in [1.54, 1.807) is 17.6 Å². The molecule has 5 aromatic rings. The average Bonchev–Trinajstić information content (AvgIpc) is 3.07. The van der Waals surface area contributed by atoms with Crippen molar-refractivity contribution in [1.82, 2.24) is 13.9 Å². The lowest BCUT2D eigenvalue weighted by molar-refractivity contribution is 0.376. The molecule has 5 rings (SSSR count). The van der Waals surface area contributed by atoms with Crippen molar-refractivity contribution in [2.75, 3.05) is 27.7 Å². The number of fused-ring (bicyclic) bond motifs is 5. The number of likely N-dealkylation sites (N-methyl/N-ethyl adjacent to an activating group) is 1. The molecule has 0 bridgehead atoms. The minimum Gasteiger partial charge on any atom is -0.497 e. The Morgan fingerprint density at radius 1 is 0.966 bits per heavy atom. The molecule has 0 atom stereocenters. The molecule has 2 heterocycles. The quantitative estimate of drug-likeness (QED) is 0.476. The molecule has 29 heavy (non-hydrogen) atoms. The molecule has 146 valence electrons. The Morgan fingerprint density at radius 3 is 2.52 bits per heavy atom. The Balaban J connectivity index is 1.98. The fourth-order valence-electron chi connectivity index (χ4n) is 4.22. The summed E-state index contributed by atoms with van der Waals surface area (Å²) in [6.07, 6.45) is 0. The Morgan fingerprint density at radius 2 is 1.76 bits per heavy atom. The molecule has 2 aromatic heterocycles. The van der Waals surface area contributed by atoms with Gasteiger partial charge in [-0.15, -0.1) is 0 Å². The molecule has 0 fully saturated rings. The van der Waals surface area contributed by atoms with Crippen LogP contribution in [0.5, 0.6) is 5.75 Å². The molecule has 0 unspecified atom stereocenters. The molecule has 0 N–H and O–H groups in total. The lowest BCUT2D eigenvalue weighted by Gasteiger charge is -2.12. The maximum atomic E-state index is 13.4. The second-order valence-electron chi connectivity index (χ2n) is 7.63. The highest BCUT2D eigenvalue weighted by molar-refractivity contribution is 6.23. The van der Waals surface area contributed by atoms with Crippen LogP contribution in [0.4, 0.5) is 0 Å². The van der Waals surface area contributed by atoms with Gasteiger partial charge in [0, 0.05) is 23.9 Å². The van der Waals surface area contributed by atoms with Gasteiger partial charge in [0.1, 0.15) is 5.75 Å². The first-order chi connectivity index (χ1) is 14.0. The lowest BCUT2D eigenvalue weighted by Crippen LogP contribution is -2.39. The summed E-state index contributed by atoms with van der Waals surface area (Å²) in [6, 6.07) is 15.6. The number of methoxy groups -OCH3 is 1. The molecule has 0 aliphatic carbocycles. The van der Waals surface area contributed by atoms with Crippen molar-refractivity contribution in [3.63, 3.8) is 0 Å². The Bertz CT molecular complexity index is 1510. The third-order valence-corrected chi connectivity index (χ3v) is 5.64. The first kappa shape index (κ1) is 17.7. The van der Waals surface area contributed by atoms with Crippen molar-refractivity contribution < 1.29 is 4.74 Å². The second-order valence-corrected chi connectivity index (χ2v) is 7.63. The van der Waals surface area contributed by atoms with Crippen molar-refractivity contribution in [3.05, 3.63) is 69.4 Å². The van der Waals surface area contributed by atoms with Crippen molar-refractivity contribution in [2.24, 2.45) is 0 Å². The van der Waals surface area contributed by atoms with Gasteiger partial charge < -0.3 is 9.64 Å². The summed E-state index contributed by atoms with van der Waals surface area (Å²) in [6.45, 7) is 0.968. The monoisotopic (exact) mass is 387 g/mol. The van der Waals surface area contributed by atoms with Gasteiger partial charge in [-0.05, 0) is 55.2 Å². The summed E-state index contributed by atoms with van der Waals surface area (Å²) in [5, 5.41) is 4.54. The number of nitrogens with zero attached hydrogens (tertiary/aromatic N) is 3. The first-order valence-corrected chi connectivity index (χ1v) is 9.56. The van der Waals surface area contributed by atoms with Crippen molar-refractivity contribution in [2.45, 2.75) is 6.54 Å². The molecule has 0 spiro atoms. The maximum Gasteiger partial charge on any atom is 0.336 e. The highest BCUT2D eigenvalue weighted by Crippen LogP contribution is 2.35. The van der Waals surface area contributed by atoms with Crippen molar-refractivity contribution in [3.8, 4) is 5.75 Å². The molecule has 0 aliphatic heterocycles. The standard InChI is InChI=1S/C23H21N3O3/c1-24(2)11-12-25-22(27)18-6-4-5-17-20-16-9-8-15(29-3)13-14(16)7-10-19(20)26(21(17)18)23(25)28/h4-10,13H,11-12H2,1-3H3.